The minimum atomic E-state index is 0.534. The van der Waals surface area contributed by atoms with Gasteiger partial charge in [0.15, 0.2) is 0 Å². The molecule has 2 nitrogen and oxygen atoms in total. The van der Waals surface area contributed by atoms with E-state index in [4.69, 9.17) is 5.26 Å². The van der Waals surface area contributed by atoms with E-state index in [0.29, 0.717) is 6.04 Å². The van der Waals surface area contributed by atoms with Crippen LogP contribution in [0.25, 0.3) is 0 Å². The first kappa shape index (κ1) is 12.9. The number of rotatable bonds is 3. The summed E-state index contributed by atoms with van der Waals surface area (Å²) in [6, 6.07) is 21.4. The van der Waals surface area contributed by atoms with Crippen LogP contribution in [0.2, 0.25) is 0 Å². The first-order chi connectivity index (χ1) is 9.86. The Morgan fingerprint density at radius 3 is 2.50 bits per heavy atom. The first-order valence-electron chi connectivity index (χ1n) is 7.15. The van der Waals surface area contributed by atoms with Gasteiger partial charge >= 0.3 is 0 Å². The van der Waals surface area contributed by atoms with Gasteiger partial charge in [-0.2, -0.15) is 5.26 Å². The molecule has 1 aliphatic rings. The molecule has 1 heterocycles. The molecule has 2 aromatic carbocycles. The van der Waals surface area contributed by atoms with Crippen molar-refractivity contribution < 1.29 is 0 Å². The van der Waals surface area contributed by atoms with Crippen molar-refractivity contribution in [3.63, 3.8) is 0 Å². The molecule has 1 unspecified atom stereocenters. The van der Waals surface area contributed by atoms with E-state index in [2.05, 4.69) is 53.4 Å². The quantitative estimate of drug-likeness (QED) is 0.839. The average molecular weight is 262 g/mol. The maximum atomic E-state index is 8.84. The summed E-state index contributed by atoms with van der Waals surface area (Å²) in [5.41, 5.74) is 3.43. The average Bonchev–Trinajstić information content (AvgIpc) is 2.97. The Morgan fingerprint density at radius 2 is 1.80 bits per heavy atom. The summed E-state index contributed by atoms with van der Waals surface area (Å²) in [5.74, 6) is 0. The van der Waals surface area contributed by atoms with Gasteiger partial charge in [0.25, 0.3) is 0 Å². The minimum absolute atomic E-state index is 0.534. The Kier molecular flexibility index (Phi) is 3.80. The van der Waals surface area contributed by atoms with Crippen molar-refractivity contribution in [1.29, 1.82) is 5.26 Å². The van der Waals surface area contributed by atoms with Gasteiger partial charge in [-0.3, -0.25) is 4.90 Å². The second-order valence-corrected chi connectivity index (χ2v) is 5.35. The molecule has 0 radical (unpaired) electrons. The minimum Gasteiger partial charge on any atom is -0.292 e. The lowest BCUT2D eigenvalue weighted by Gasteiger charge is -2.25. The lowest BCUT2D eigenvalue weighted by atomic mass is 10.0. The molecule has 0 aliphatic carbocycles. The van der Waals surface area contributed by atoms with Crippen molar-refractivity contribution in [3.8, 4) is 6.07 Å². The van der Waals surface area contributed by atoms with Crippen LogP contribution in [-0.4, -0.2) is 11.4 Å². The molecule has 1 saturated heterocycles. The van der Waals surface area contributed by atoms with Crippen LogP contribution in [0.1, 0.15) is 35.6 Å². The summed E-state index contributed by atoms with van der Waals surface area (Å²) in [7, 11) is 0. The topological polar surface area (TPSA) is 27.0 Å². The fraction of sp³-hybridized carbons (Fsp3) is 0.278. The number of nitrogens with zero attached hydrogens (tertiary/aromatic N) is 2. The van der Waals surface area contributed by atoms with Crippen LogP contribution < -0.4 is 0 Å². The number of hydrogen-bond acceptors (Lipinski definition) is 2. The second-order valence-electron chi connectivity index (χ2n) is 5.35. The Balaban J connectivity index is 1.74. The SMILES string of the molecule is N#Cc1ccc(CN2CCCC2c2ccccc2)cc1. The van der Waals surface area contributed by atoms with E-state index in [1.165, 1.54) is 24.0 Å². The fourth-order valence-electron chi connectivity index (χ4n) is 2.99. The van der Waals surface area contributed by atoms with E-state index < -0.39 is 0 Å². The summed E-state index contributed by atoms with van der Waals surface area (Å²) >= 11 is 0. The molecule has 0 aromatic heterocycles. The molecule has 20 heavy (non-hydrogen) atoms. The van der Waals surface area contributed by atoms with Crippen molar-refractivity contribution in [3.05, 3.63) is 71.3 Å². The summed E-state index contributed by atoms with van der Waals surface area (Å²) in [5, 5.41) is 8.84. The predicted octanol–water partition coefficient (Wildman–Crippen LogP) is 3.90. The van der Waals surface area contributed by atoms with Gasteiger partial charge in [-0.1, -0.05) is 42.5 Å². The lowest BCUT2D eigenvalue weighted by molar-refractivity contribution is 0.248. The van der Waals surface area contributed by atoms with Crippen molar-refractivity contribution in [1.82, 2.24) is 4.90 Å². The maximum absolute atomic E-state index is 8.84. The summed E-state index contributed by atoms with van der Waals surface area (Å²) in [6.07, 6.45) is 2.50. The molecule has 3 rings (SSSR count). The zero-order valence-electron chi connectivity index (χ0n) is 11.5. The lowest BCUT2D eigenvalue weighted by Crippen LogP contribution is -2.22. The van der Waals surface area contributed by atoms with Crippen LogP contribution in [0.5, 0.6) is 0 Å². The molecule has 1 fully saturated rings. The number of likely N-dealkylation sites (tertiary alicyclic amines) is 1. The molecule has 0 saturated carbocycles. The molecule has 1 atom stereocenters. The monoisotopic (exact) mass is 262 g/mol. The highest BCUT2D eigenvalue weighted by Crippen LogP contribution is 2.32. The molecule has 0 amide bonds. The van der Waals surface area contributed by atoms with Gasteiger partial charge in [0.2, 0.25) is 0 Å². The van der Waals surface area contributed by atoms with Crippen molar-refractivity contribution >= 4 is 0 Å². The first-order valence-corrected chi connectivity index (χ1v) is 7.15. The van der Waals surface area contributed by atoms with Gasteiger partial charge in [0, 0.05) is 12.6 Å². The Labute approximate surface area is 120 Å². The summed E-state index contributed by atoms with van der Waals surface area (Å²) < 4.78 is 0. The summed E-state index contributed by atoms with van der Waals surface area (Å²) in [6.45, 7) is 2.12. The van der Waals surface area contributed by atoms with Gasteiger partial charge in [-0.25, -0.2) is 0 Å². The molecule has 0 spiro atoms. The van der Waals surface area contributed by atoms with Crippen LogP contribution in [0.15, 0.2) is 54.6 Å². The van der Waals surface area contributed by atoms with Gasteiger partial charge < -0.3 is 0 Å². The Morgan fingerprint density at radius 1 is 1.05 bits per heavy atom. The third-order valence-corrected chi connectivity index (χ3v) is 4.02. The normalized spacial score (nSPS) is 18.9. The molecule has 0 N–H and O–H groups in total. The van der Waals surface area contributed by atoms with Crippen molar-refractivity contribution in [2.45, 2.75) is 25.4 Å². The van der Waals surface area contributed by atoms with Gasteiger partial charge in [0.05, 0.1) is 11.6 Å². The van der Waals surface area contributed by atoms with Crippen molar-refractivity contribution in [2.75, 3.05) is 6.54 Å². The fourth-order valence-corrected chi connectivity index (χ4v) is 2.99. The van der Waals surface area contributed by atoms with Crippen LogP contribution in [0.4, 0.5) is 0 Å². The highest BCUT2D eigenvalue weighted by atomic mass is 15.2. The third-order valence-electron chi connectivity index (χ3n) is 4.02. The third kappa shape index (κ3) is 2.74. The standard InChI is InChI=1S/C18H18N2/c19-13-15-8-10-16(11-9-15)14-20-12-4-7-18(20)17-5-2-1-3-6-17/h1-3,5-6,8-11,18H,4,7,12,14H2. The number of nitriles is 1. The van der Waals surface area contributed by atoms with E-state index in [0.717, 1.165) is 18.7 Å². The van der Waals surface area contributed by atoms with Crippen molar-refractivity contribution in [2.24, 2.45) is 0 Å². The van der Waals surface area contributed by atoms with E-state index in [9.17, 15) is 0 Å². The zero-order chi connectivity index (χ0) is 13.8. The van der Waals surface area contributed by atoms with Gasteiger partial charge in [0.1, 0.15) is 0 Å². The second kappa shape index (κ2) is 5.90. The summed E-state index contributed by atoms with van der Waals surface area (Å²) in [4.78, 5) is 2.54. The molecular formula is C18H18N2. The van der Waals surface area contributed by atoms with E-state index in [1.54, 1.807) is 0 Å². The highest BCUT2D eigenvalue weighted by molar-refractivity contribution is 5.31. The number of hydrogen-bond donors (Lipinski definition) is 0. The molecular weight excluding hydrogens is 244 g/mol. The number of benzene rings is 2. The molecule has 2 aromatic rings. The smallest absolute Gasteiger partial charge is 0.0991 e. The van der Waals surface area contributed by atoms with Gasteiger partial charge in [-0.15, -0.1) is 0 Å². The van der Waals surface area contributed by atoms with Crippen LogP contribution in [-0.2, 0) is 6.54 Å². The van der Waals surface area contributed by atoms with E-state index >= 15 is 0 Å². The van der Waals surface area contributed by atoms with Crippen LogP contribution in [0, 0.1) is 11.3 Å². The Bertz CT molecular complexity index is 596. The van der Waals surface area contributed by atoms with E-state index in [1.807, 2.05) is 12.1 Å². The molecule has 2 heteroatoms. The predicted molar refractivity (Wildman–Crippen MR) is 80.0 cm³/mol. The van der Waals surface area contributed by atoms with Crippen LogP contribution in [0.3, 0.4) is 0 Å². The van der Waals surface area contributed by atoms with E-state index in [-0.39, 0.29) is 0 Å². The van der Waals surface area contributed by atoms with Gasteiger partial charge in [-0.05, 0) is 42.6 Å². The van der Waals surface area contributed by atoms with Crippen LogP contribution >= 0.6 is 0 Å². The zero-order valence-corrected chi connectivity index (χ0v) is 11.5. The largest absolute Gasteiger partial charge is 0.292 e. The molecule has 0 bridgehead atoms. The highest BCUT2D eigenvalue weighted by Gasteiger charge is 2.25. The molecule has 1 aliphatic heterocycles. The maximum Gasteiger partial charge on any atom is 0.0991 e. The molecule has 100 valence electrons. The Hall–Kier alpha value is -2.11.